The SMILES string of the molecule is CC(CCCC(C)[C@]12NC(=O)N[C@@]1(O)NC(=O)N2)[C@]12NC(=O)N[C@@]1(C)NC(=O)N2. The molecule has 0 spiro atoms. The first-order valence-electron chi connectivity index (χ1n) is 9.59. The van der Waals surface area contributed by atoms with Crippen LogP contribution in [0.1, 0.15) is 40.0 Å². The Morgan fingerprint density at radius 3 is 1.55 bits per heavy atom. The summed E-state index contributed by atoms with van der Waals surface area (Å²) in [5.74, 6) is -2.38. The molecule has 0 radical (unpaired) electrons. The van der Waals surface area contributed by atoms with E-state index < -0.39 is 34.9 Å². The van der Waals surface area contributed by atoms with E-state index in [1.165, 1.54) is 0 Å². The van der Waals surface area contributed by atoms with Gasteiger partial charge in [-0.15, -0.1) is 0 Å². The van der Waals surface area contributed by atoms with Crippen molar-refractivity contribution in [3.63, 3.8) is 0 Å². The maximum atomic E-state index is 11.9. The maximum absolute atomic E-state index is 11.9. The van der Waals surface area contributed by atoms with Crippen molar-refractivity contribution in [1.29, 1.82) is 0 Å². The molecule has 0 aromatic carbocycles. The number of hydrogen-bond donors (Lipinski definition) is 9. The number of aliphatic hydroxyl groups is 1. The van der Waals surface area contributed by atoms with E-state index in [9.17, 15) is 24.3 Å². The summed E-state index contributed by atoms with van der Waals surface area (Å²) >= 11 is 0. The smallest absolute Gasteiger partial charge is 0.320 e. The summed E-state index contributed by atoms with van der Waals surface area (Å²) in [5, 5.41) is 31.7. The molecule has 4 saturated heterocycles. The van der Waals surface area contributed by atoms with Crippen LogP contribution in [0.5, 0.6) is 0 Å². The van der Waals surface area contributed by atoms with Crippen molar-refractivity contribution in [1.82, 2.24) is 42.5 Å². The van der Waals surface area contributed by atoms with Crippen LogP contribution in [0.15, 0.2) is 0 Å². The highest BCUT2D eigenvalue weighted by atomic mass is 16.4. The van der Waals surface area contributed by atoms with Crippen LogP contribution in [0.3, 0.4) is 0 Å². The van der Waals surface area contributed by atoms with Crippen LogP contribution in [0.4, 0.5) is 19.2 Å². The van der Waals surface area contributed by atoms with E-state index in [-0.39, 0.29) is 23.9 Å². The van der Waals surface area contributed by atoms with Gasteiger partial charge in [-0.25, -0.2) is 19.2 Å². The zero-order valence-corrected chi connectivity index (χ0v) is 16.4. The molecule has 2 atom stereocenters. The van der Waals surface area contributed by atoms with E-state index in [1.54, 1.807) is 6.92 Å². The van der Waals surface area contributed by atoms with Gasteiger partial charge in [-0.1, -0.05) is 20.3 Å². The van der Waals surface area contributed by atoms with Gasteiger partial charge in [0, 0.05) is 11.8 Å². The van der Waals surface area contributed by atoms with E-state index in [0.29, 0.717) is 19.3 Å². The lowest BCUT2D eigenvalue weighted by atomic mass is 9.80. The summed E-state index contributed by atoms with van der Waals surface area (Å²) in [7, 11) is 0. The number of fused-ring (bicyclic) bond motifs is 2. The predicted molar refractivity (Wildman–Crippen MR) is 97.7 cm³/mol. The molecule has 0 bridgehead atoms. The van der Waals surface area contributed by atoms with Crippen molar-refractivity contribution >= 4 is 24.1 Å². The number of carbonyl (C=O) groups excluding carboxylic acids is 4. The van der Waals surface area contributed by atoms with Gasteiger partial charge in [0.15, 0.2) is 17.0 Å². The number of nitrogens with one attached hydrogen (secondary N) is 8. The number of hydrogen-bond acceptors (Lipinski definition) is 5. The maximum Gasteiger partial charge on any atom is 0.320 e. The van der Waals surface area contributed by atoms with Crippen molar-refractivity contribution in [3.8, 4) is 0 Å². The second-order valence-corrected chi connectivity index (χ2v) is 8.50. The molecule has 0 aromatic heterocycles. The molecule has 8 amide bonds. The first-order chi connectivity index (χ1) is 13.5. The molecule has 4 aliphatic heterocycles. The Kier molecular flexibility index (Phi) is 3.86. The minimum Gasteiger partial charge on any atom is -0.351 e. The first-order valence-corrected chi connectivity index (χ1v) is 9.59. The van der Waals surface area contributed by atoms with Gasteiger partial charge in [0.1, 0.15) is 0 Å². The number of carbonyl (C=O) groups is 4. The third kappa shape index (κ3) is 2.49. The lowest BCUT2D eigenvalue weighted by Gasteiger charge is -2.40. The fraction of sp³-hybridized carbons (Fsp3) is 0.750. The van der Waals surface area contributed by atoms with Crippen molar-refractivity contribution in [2.75, 3.05) is 0 Å². The standard InChI is InChI=1S/C16H26N8O5/c1-7(14-13(3,17-9(25)19-14)18-10(26)20-14)5-4-6-8(2)15-16(29,23-11(27)21-15)24-12(28)22-15/h7-8,29H,4-6H2,1-3H3,(H2,17,19,25)(H2,18,20,26)(H2,21,23,27)(H2,22,24,28)/t7?,8?,13-,14+,15-,16-. The molecular weight excluding hydrogens is 384 g/mol. The molecule has 9 N–H and O–H groups in total. The molecule has 4 rings (SSSR count). The van der Waals surface area contributed by atoms with Crippen LogP contribution in [0, 0.1) is 11.8 Å². The third-order valence-electron chi connectivity index (χ3n) is 6.67. The molecule has 0 saturated carbocycles. The average Bonchev–Trinajstić information content (AvgIpc) is 3.14. The van der Waals surface area contributed by atoms with Crippen LogP contribution in [0.25, 0.3) is 0 Å². The minimum absolute atomic E-state index is 0.137. The molecule has 29 heavy (non-hydrogen) atoms. The van der Waals surface area contributed by atoms with Crippen LogP contribution in [0.2, 0.25) is 0 Å². The summed E-state index contributed by atoms with van der Waals surface area (Å²) in [4.78, 5) is 47.4. The summed E-state index contributed by atoms with van der Waals surface area (Å²) in [5.41, 5.74) is -3.31. The summed E-state index contributed by atoms with van der Waals surface area (Å²) in [6, 6.07) is -1.92. The van der Waals surface area contributed by atoms with Crippen LogP contribution >= 0.6 is 0 Å². The Bertz CT molecular complexity index is 696. The Hall–Kier alpha value is -2.96. The molecule has 2 unspecified atom stereocenters. The zero-order valence-electron chi connectivity index (χ0n) is 16.4. The normalized spacial score (nSPS) is 41.5. The van der Waals surface area contributed by atoms with E-state index in [2.05, 4.69) is 42.5 Å². The van der Waals surface area contributed by atoms with Gasteiger partial charge in [0.2, 0.25) is 0 Å². The van der Waals surface area contributed by atoms with E-state index in [0.717, 1.165) is 0 Å². The monoisotopic (exact) mass is 410 g/mol. The lowest BCUT2D eigenvalue weighted by molar-refractivity contribution is -0.0655. The second kappa shape index (κ2) is 5.78. The lowest BCUT2D eigenvalue weighted by Crippen LogP contribution is -2.69. The van der Waals surface area contributed by atoms with Gasteiger partial charge in [0.25, 0.3) is 5.85 Å². The predicted octanol–water partition coefficient (Wildman–Crippen LogP) is -1.56. The van der Waals surface area contributed by atoms with Crippen LogP contribution < -0.4 is 42.5 Å². The Morgan fingerprint density at radius 1 is 0.690 bits per heavy atom. The fourth-order valence-corrected chi connectivity index (χ4v) is 5.08. The first kappa shape index (κ1) is 19.4. The van der Waals surface area contributed by atoms with E-state index >= 15 is 0 Å². The van der Waals surface area contributed by atoms with Gasteiger partial charge in [-0.2, -0.15) is 0 Å². The van der Waals surface area contributed by atoms with Gasteiger partial charge < -0.3 is 37.0 Å². The highest BCUT2D eigenvalue weighted by Crippen LogP contribution is 2.38. The number of rotatable bonds is 6. The quantitative estimate of drug-likeness (QED) is 0.256. The summed E-state index contributed by atoms with van der Waals surface area (Å²) in [6.07, 6.45) is 1.82. The molecule has 4 fully saturated rings. The van der Waals surface area contributed by atoms with E-state index in [1.807, 2.05) is 13.8 Å². The second-order valence-electron chi connectivity index (χ2n) is 8.50. The number of urea groups is 4. The molecule has 4 heterocycles. The molecular formula is C16H26N8O5. The zero-order chi connectivity index (χ0) is 21.2. The highest BCUT2D eigenvalue weighted by Gasteiger charge is 2.67. The van der Waals surface area contributed by atoms with Gasteiger partial charge in [-0.3, -0.25) is 10.6 Å². The largest absolute Gasteiger partial charge is 0.351 e. The Morgan fingerprint density at radius 2 is 1.07 bits per heavy atom. The van der Waals surface area contributed by atoms with Crippen molar-refractivity contribution in [2.45, 2.75) is 62.9 Å². The molecule has 160 valence electrons. The molecule has 13 heteroatoms. The Balaban J connectivity index is 1.43. The third-order valence-corrected chi connectivity index (χ3v) is 6.67. The summed E-state index contributed by atoms with van der Waals surface area (Å²) in [6.45, 7) is 5.48. The average molecular weight is 410 g/mol. The topological polar surface area (TPSA) is 185 Å². The Labute approximate surface area is 166 Å². The minimum atomic E-state index is -1.92. The summed E-state index contributed by atoms with van der Waals surface area (Å²) < 4.78 is 0. The van der Waals surface area contributed by atoms with Gasteiger partial charge >= 0.3 is 24.1 Å². The number of amides is 8. The van der Waals surface area contributed by atoms with E-state index in [4.69, 9.17) is 0 Å². The highest BCUT2D eigenvalue weighted by molar-refractivity contribution is 5.88. The van der Waals surface area contributed by atoms with Crippen molar-refractivity contribution < 1.29 is 24.3 Å². The molecule has 4 aliphatic rings. The molecule has 0 aliphatic carbocycles. The molecule has 0 aromatic rings. The van der Waals surface area contributed by atoms with Crippen LogP contribution in [-0.2, 0) is 0 Å². The van der Waals surface area contributed by atoms with Gasteiger partial charge in [0.05, 0.1) is 0 Å². The fourth-order valence-electron chi connectivity index (χ4n) is 5.08. The van der Waals surface area contributed by atoms with Gasteiger partial charge in [-0.05, 0) is 19.8 Å². The van der Waals surface area contributed by atoms with Crippen molar-refractivity contribution in [2.24, 2.45) is 11.8 Å². The van der Waals surface area contributed by atoms with Crippen molar-refractivity contribution in [3.05, 3.63) is 0 Å². The van der Waals surface area contributed by atoms with Crippen LogP contribution in [-0.4, -0.2) is 52.1 Å². The molecule has 13 nitrogen and oxygen atoms in total.